The molecule has 0 unspecified atom stereocenters. The summed E-state index contributed by atoms with van der Waals surface area (Å²) in [5.41, 5.74) is 0.291. The van der Waals surface area contributed by atoms with Gasteiger partial charge in [0.2, 0.25) is 0 Å². The minimum absolute atomic E-state index is 0.291. The highest BCUT2D eigenvalue weighted by molar-refractivity contribution is 4.90. The average Bonchev–Trinajstić information content (AvgIpc) is 2.73. The second-order valence-corrected chi connectivity index (χ2v) is 5.76. The minimum atomic E-state index is 0.291. The molecule has 5 heteroatoms. The van der Waals surface area contributed by atoms with E-state index < -0.39 is 0 Å². The summed E-state index contributed by atoms with van der Waals surface area (Å²) in [4.78, 5) is 2.54. The maximum absolute atomic E-state index is 5.66. The van der Waals surface area contributed by atoms with Gasteiger partial charge in [-0.2, -0.15) is 0 Å². The topological polar surface area (TPSA) is 43.0 Å². The van der Waals surface area contributed by atoms with Crippen molar-refractivity contribution >= 4 is 0 Å². The van der Waals surface area contributed by atoms with E-state index in [1.165, 1.54) is 25.8 Å². The Morgan fingerprint density at radius 2 is 1.67 bits per heavy atom. The summed E-state index contributed by atoms with van der Waals surface area (Å²) >= 11 is 0. The van der Waals surface area contributed by atoms with E-state index in [1.807, 2.05) is 0 Å². The first-order valence-electron chi connectivity index (χ1n) is 8.38. The third-order valence-corrected chi connectivity index (χ3v) is 4.39. The molecule has 1 rings (SSSR count). The standard InChI is InChI=1S/C16H34N2O3/c1-4-16(5-2)15-18(8-6-7-17-16)9-10-20-13-14-21-12-11-19-3/h17H,4-15H2,1-3H3. The van der Waals surface area contributed by atoms with E-state index in [-0.39, 0.29) is 0 Å². The average molecular weight is 302 g/mol. The fourth-order valence-electron chi connectivity index (χ4n) is 2.79. The Morgan fingerprint density at radius 3 is 2.33 bits per heavy atom. The lowest BCUT2D eigenvalue weighted by molar-refractivity contribution is 0.0183. The first-order valence-corrected chi connectivity index (χ1v) is 8.38. The zero-order chi connectivity index (χ0) is 15.4. The van der Waals surface area contributed by atoms with Gasteiger partial charge in [-0.3, -0.25) is 4.90 Å². The van der Waals surface area contributed by atoms with Crippen LogP contribution in [0.5, 0.6) is 0 Å². The molecule has 0 atom stereocenters. The Bertz CT molecular complexity index is 248. The van der Waals surface area contributed by atoms with E-state index in [0.717, 1.165) is 26.2 Å². The molecule has 0 aromatic rings. The number of hydrogen-bond donors (Lipinski definition) is 1. The zero-order valence-corrected chi connectivity index (χ0v) is 14.2. The van der Waals surface area contributed by atoms with E-state index in [2.05, 4.69) is 24.1 Å². The van der Waals surface area contributed by atoms with Gasteiger partial charge < -0.3 is 19.5 Å². The van der Waals surface area contributed by atoms with Crippen molar-refractivity contribution in [3.05, 3.63) is 0 Å². The monoisotopic (exact) mass is 302 g/mol. The molecule has 0 aliphatic carbocycles. The van der Waals surface area contributed by atoms with Crippen LogP contribution in [-0.4, -0.2) is 76.8 Å². The molecule has 1 heterocycles. The first kappa shape index (κ1) is 18.8. The van der Waals surface area contributed by atoms with Crippen LogP contribution in [0.25, 0.3) is 0 Å². The van der Waals surface area contributed by atoms with E-state index in [9.17, 15) is 0 Å². The normalized spacial score (nSPS) is 19.6. The first-order chi connectivity index (χ1) is 10.3. The molecule has 1 aliphatic rings. The van der Waals surface area contributed by atoms with Crippen LogP contribution in [0, 0.1) is 0 Å². The van der Waals surface area contributed by atoms with Crippen LogP contribution < -0.4 is 5.32 Å². The SMILES string of the molecule is CCC1(CC)CN(CCOCCOCCOC)CCCN1. The van der Waals surface area contributed by atoms with Crippen LogP contribution in [0.3, 0.4) is 0 Å². The van der Waals surface area contributed by atoms with Gasteiger partial charge in [0.25, 0.3) is 0 Å². The molecule has 1 aliphatic heterocycles. The Hall–Kier alpha value is -0.200. The lowest BCUT2D eigenvalue weighted by atomic mass is 9.92. The van der Waals surface area contributed by atoms with Gasteiger partial charge >= 0.3 is 0 Å². The molecule has 21 heavy (non-hydrogen) atoms. The molecule has 0 aromatic heterocycles. The number of methoxy groups -OCH3 is 1. The van der Waals surface area contributed by atoms with Gasteiger partial charge in [-0.15, -0.1) is 0 Å². The highest BCUT2D eigenvalue weighted by atomic mass is 16.5. The highest BCUT2D eigenvalue weighted by Gasteiger charge is 2.29. The van der Waals surface area contributed by atoms with Crippen molar-refractivity contribution in [3.8, 4) is 0 Å². The summed E-state index contributed by atoms with van der Waals surface area (Å²) in [7, 11) is 1.68. The highest BCUT2D eigenvalue weighted by Crippen LogP contribution is 2.19. The van der Waals surface area contributed by atoms with Gasteiger partial charge in [-0.25, -0.2) is 0 Å². The molecule has 0 radical (unpaired) electrons. The summed E-state index contributed by atoms with van der Waals surface area (Å²) < 4.78 is 16.0. The number of nitrogens with one attached hydrogen (secondary N) is 1. The summed E-state index contributed by atoms with van der Waals surface area (Å²) in [5.74, 6) is 0. The molecule has 0 amide bonds. The van der Waals surface area contributed by atoms with E-state index in [4.69, 9.17) is 14.2 Å². The van der Waals surface area contributed by atoms with Crippen LogP contribution in [0.2, 0.25) is 0 Å². The van der Waals surface area contributed by atoms with E-state index >= 15 is 0 Å². The van der Waals surface area contributed by atoms with Crippen LogP contribution in [0.1, 0.15) is 33.1 Å². The fourth-order valence-corrected chi connectivity index (χ4v) is 2.79. The van der Waals surface area contributed by atoms with Crippen LogP contribution >= 0.6 is 0 Å². The number of ether oxygens (including phenoxy) is 3. The van der Waals surface area contributed by atoms with Gasteiger partial charge in [0.15, 0.2) is 0 Å². The van der Waals surface area contributed by atoms with Crippen molar-refractivity contribution in [2.24, 2.45) is 0 Å². The van der Waals surface area contributed by atoms with Crippen molar-refractivity contribution in [1.29, 1.82) is 0 Å². The maximum atomic E-state index is 5.66. The van der Waals surface area contributed by atoms with Crippen molar-refractivity contribution in [1.82, 2.24) is 10.2 Å². The van der Waals surface area contributed by atoms with Crippen molar-refractivity contribution in [3.63, 3.8) is 0 Å². The van der Waals surface area contributed by atoms with Crippen molar-refractivity contribution in [2.45, 2.75) is 38.6 Å². The number of nitrogens with zero attached hydrogens (tertiary/aromatic N) is 1. The summed E-state index contributed by atoms with van der Waals surface area (Å²) in [5, 5.41) is 3.74. The molecule has 126 valence electrons. The van der Waals surface area contributed by atoms with Gasteiger partial charge in [0.05, 0.1) is 33.0 Å². The smallest absolute Gasteiger partial charge is 0.0701 e. The van der Waals surface area contributed by atoms with Crippen LogP contribution in [-0.2, 0) is 14.2 Å². The Morgan fingerprint density at radius 1 is 1.00 bits per heavy atom. The summed E-state index contributed by atoms with van der Waals surface area (Å²) in [6, 6.07) is 0. The van der Waals surface area contributed by atoms with E-state index in [1.54, 1.807) is 7.11 Å². The second kappa shape index (κ2) is 11.4. The molecular formula is C16H34N2O3. The Labute approximate surface area is 130 Å². The zero-order valence-electron chi connectivity index (χ0n) is 14.2. The Balaban J connectivity index is 2.13. The number of rotatable bonds is 11. The lowest BCUT2D eigenvalue weighted by Crippen LogP contribution is -2.51. The van der Waals surface area contributed by atoms with E-state index in [0.29, 0.717) is 32.0 Å². The molecule has 0 aromatic carbocycles. The molecule has 1 saturated heterocycles. The predicted molar refractivity (Wildman–Crippen MR) is 85.9 cm³/mol. The predicted octanol–water partition coefficient (Wildman–Crippen LogP) is 1.52. The van der Waals surface area contributed by atoms with Crippen LogP contribution in [0.15, 0.2) is 0 Å². The molecule has 5 nitrogen and oxygen atoms in total. The van der Waals surface area contributed by atoms with Gasteiger partial charge in [-0.1, -0.05) is 13.8 Å². The lowest BCUT2D eigenvalue weighted by Gasteiger charge is -2.35. The molecule has 0 bridgehead atoms. The van der Waals surface area contributed by atoms with Crippen molar-refractivity contribution < 1.29 is 14.2 Å². The van der Waals surface area contributed by atoms with Crippen LogP contribution in [0.4, 0.5) is 0 Å². The fraction of sp³-hybridized carbons (Fsp3) is 1.00. The number of hydrogen-bond acceptors (Lipinski definition) is 5. The second-order valence-electron chi connectivity index (χ2n) is 5.76. The molecule has 1 fully saturated rings. The third-order valence-electron chi connectivity index (χ3n) is 4.39. The molecular weight excluding hydrogens is 268 g/mol. The molecule has 1 N–H and O–H groups in total. The van der Waals surface area contributed by atoms with Crippen molar-refractivity contribution in [2.75, 3.05) is 66.3 Å². The molecule has 0 saturated carbocycles. The quantitative estimate of drug-likeness (QED) is 0.586. The minimum Gasteiger partial charge on any atom is -0.382 e. The largest absolute Gasteiger partial charge is 0.382 e. The summed E-state index contributed by atoms with van der Waals surface area (Å²) in [6.07, 6.45) is 3.60. The van der Waals surface area contributed by atoms with Gasteiger partial charge in [0, 0.05) is 25.7 Å². The Kier molecular flexibility index (Phi) is 10.2. The maximum Gasteiger partial charge on any atom is 0.0701 e. The van der Waals surface area contributed by atoms with Gasteiger partial charge in [-0.05, 0) is 32.4 Å². The molecule has 0 spiro atoms. The van der Waals surface area contributed by atoms with Gasteiger partial charge in [0.1, 0.15) is 0 Å². The summed E-state index contributed by atoms with van der Waals surface area (Å²) in [6.45, 7) is 12.4. The third kappa shape index (κ3) is 7.56.